The topological polar surface area (TPSA) is 58.1 Å². The molecule has 3 unspecified atom stereocenters. The van der Waals surface area contributed by atoms with Crippen molar-refractivity contribution in [3.05, 3.63) is 234 Å². The van der Waals surface area contributed by atoms with E-state index in [0.29, 0.717) is 0 Å². The highest BCUT2D eigenvalue weighted by molar-refractivity contribution is 6.09. The molecule has 4 N–H and O–H groups in total. The van der Waals surface area contributed by atoms with Gasteiger partial charge in [-0.05, 0) is 59.2 Å². The van der Waals surface area contributed by atoms with Crippen molar-refractivity contribution in [3.63, 3.8) is 0 Å². The maximum Gasteiger partial charge on any atom is 0.227 e. The summed E-state index contributed by atoms with van der Waals surface area (Å²) in [6, 6.07) is 72.3. The number of nitrogens with zero attached hydrogens (tertiary/aromatic N) is 2. The first-order valence-electron chi connectivity index (χ1n) is 20.1. The lowest BCUT2D eigenvalue weighted by Gasteiger charge is -2.48. The van der Waals surface area contributed by atoms with Gasteiger partial charge in [-0.2, -0.15) is 0 Å². The van der Waals surface area contributed by atoms with Crippen LogP contribution in [0.5, 0.6) is 11.5 Å². The van der Waals surface area contributed by atoms with Crippen LogP contribution >= 0.6 is 0 Å². The molecule has 12 rings (SSSR count). The molecule has 58 heavy (non-hydrogen) atoms. The van der Waals surface area contributed by atoms with Crippen molar-refractivity contribution >= 4 is 38.9 Å². The van der Waals surface area contributed by atoms with Gasteiger partial charge in [0.1, 0.15) is 11.5 Å². The highest BCUT2D eigenvalue weighted by Gasteiger charge is 2.51. The second kappa shape index (κ2) is 13.0. The van der Waals surface area contributed by atoms with E-state index in [4.69, 9.17) is 4.74 Å². The Morgan fingerprint density at radius 2 is 1.05 bits per heavy atom. The van der Waals surface area contributed by atoms with Crippen molar-refractivity contribution in [2.24, 2.45) is 0 Å². The van der Waals surface area contributed by atoms with Gasteiger partial charge in [0.25, 0.3) is 0 Å². The Labute approximate surface area is 337 Å². The third kappa shape index (κ3) is 4.83. The average Bonchev–Trinajstić information content (AvgIpc) is 3.62. The van der Waals surface area contributed by atoms with Crippen LogP contribution in [-0.4, -0.2) is 4.57 Å². The van der Waals surface area contributed by atoms with Gasteiger partial charge in [0.2, 0.25) is 6.29 Å². The van der Waals surface area contributed by atoms with E-state index in [1.165, 1.54) is 38.5 Å². The minimum atomic E-state index is -0.657. The largest absolute Gasteiger partial charge is 0.457 e. The Morgan fingerprint density at radius 3 is 1.78 bits per heavy atom. The van der Waals surface area contributed by atoms with E-state index in [1.807, 2.05) is 0 Å². The fourth-order valence-electron chi connectivity index (χ4n) is 10.1. The molecule has 6 nitrogen and oxygen atoms in total. The van der Waals surface area contributed by atoms with Crippen LogP contribution in [0.15, 0.2) is 200 Å². The summed E-state index contributed by atoms with van der Waals surface area (Å²) in [6.45, 7) is 0. The molecule has 0 amide bonds. The fraction of sp³-hybridized carbons (Fsp3) is 0.0769. The fourth-order valence-corrected chi connectivity index (χ4v) is 10.1. The van der Waals surface area contributed by atoms with Gasteiger partial charge in [-0.1, -0.05) is 152 Å². The van der Waals surface area contributed by atoms with Gasteiger partial charge in [0.05, 0.1) is 34.0 Å². The molecule has 3 aliphatic rings. The number of nitrogens with two attached hydrogens (primary N) is 1. The van der Waals surface area contributed by atoms with Gasteiger partial charge in [0, 0.05) is 39.2 Å². The standard InChI is InChI=1S/C52H39N5O/c1-4-18-34(19-5-1)49-53-50(35-20-6-2-7-21-35)55-51(54-49)57-43-28-14-10-24-37(43)38-32-42-48(33-46(38)57)58-47-31-17-13-27-41(47)52(42)39-25-11-15-29-44(39)56(36-22-8-3-9-23-36)45-30-16-12-26-40(45)52/h1-33,49-51,53-55H/p+1. The molecule has 0 aliphatic carbocycles. The Bertz CT molecular complexity index is 2900. The summed E-state index contributed by atoms with van der Waals surface area (Å²) in [6.07, 6.45) is -0.206. The van der Waals surface area contributed by atoms with Crippen LogP contribution in [0.3, 0.4) is 0 Å². The Morgan fingerprint density at radius 1 is 0.466 bits per heavy atom. The Balaban J connectivity index is 1.12. The number of anilines is 3. The molecule has 1 saturated heterocycles. The molecule has 0 saturated carbocycles. The lowest BCUT2D eigenvalue weighted by Crippen LogP contribution is -2.95. The average molecular weight is 751 g/mol. The van der Waals surface area contributed by atoms with Gasteiger partial charge < -0.3 is 9.64 Å². The van der Waals surface area contributed by atoms with Crippen molar-refractivity contribution in [2.75, 3.05) is 4.90 Å². The maximum atomic E-state index is 7.10. The summed E-state index contributed by atoms with van der Waals surface area (Å²) in [4.78, 5) is 2.42. The van der Waals surface area contributed by atoms with Crippen molar-refractivity contribution in [1.29, 1.82) is 0 Å². The SMILES string of the molecule is c1ccc(C2NC(c3ccccc3)[NH2+]C(n3c4ccccc4c4cc5c(cc43)Oc3ccccc3C53c4ccccc4N(c4ccccc4)c4ccccc43)N2)cc1. The third-order valence-electron chi connectivity index (χ3n) is 12.5. The predicted octanol–water partition coefficient (Wildman–Crippen LogP) is 10.7. The second-order valence-electron chi connectivity index (χ2n) is 15.5. The molecule has 3 atom stereocenters. The number of hydrogen-bond donors (Lipinski definition) is 3. The Hall–Kier alpha value is -6.96. The molecule has 8 aromatic carbocycles. The van der Waals surface area contributed by atoms with Gasteiger partial charge in [-0.15, -0.1) is 0 Å². The second-order valence-corrected chi connectivity index (χ2v) is 15.5. The lowest BCUT2D eigenvalue weighted by molar-refractivity contribution is -0.768. The molecular weight excluding hydrogens is 711 g/mol. The van der Waals surface area contributed by atoms with Crippen LogP contribution in [0.25, 0.3) is 21.8 Å². The number of hydrogen-bond acceptors (Lipinski definition) is 4. The van der Waals surface area contributed by atoms with Crippen LogP contribution in [0.1, 0.15) is 52.0 Å². The minimum absolute atomic E-state index is 0.0145. The van der Waals surface area contributed by atoms with Gasteiger partial charge in [0.15, 0.2) is 6.17 Å². The lowest BCUT2D eigenvalue weighted by atomic mass is 9.61. The smallest absolute Gasteiger partial charge is 0.227 e. The highest BCUT2D eigenvalue weighted by atomic mass is 16.5. The van der Waals surface area contributed by atoms with Gasteiger partial charge in [-0.3, -0.25) is 9.88 Å². The summed E-state index contributed by atoms with van der Waals surface area (Å²) in [5, 5.41) is 12.7. The quantitative estimate of drug-likeness (QED) is 0.168. The number of fused-ring (bicyclic) bond motifs is 11. The maximum absolute atomic E-state index is 7.10. The summed E-state index contributed by atoms with van der Waals surface area (Å²) in [5.41, 5.74) is 12.2. The van der Waals surface area contributed by atoms with E-state index in [0.717, 1.165) is 45.2 Å². The molecule has 4 heterocycles. The highest BCUT2D eigenvalue weighted by Crippen LogP contribution is 2.63. The van der Waals surface area contributed by atoms with E-state index in [1.54, 1.807) is 0 Å². The normalized spacial score (nSPS) is 18.9. The van der Waals surface area contributed by atoms with Crippen LogP contribution in [-0.2, 0) is 5.41 Å². The molecule has 9 aromatic rings. The number of ether oxygens (including phenoxy) is 1. The summed E-state index contributed by atoms with van der Waals surface area (Å²) < 4.78 is 9.58. The van der Waals surface area contributed by atoms with Gasteiger partial charge in [-0.25, -0.2) is 10.6 Å². The number of para-hydroxylation sites is 5. The van der Waals surface area contributed by atoms with Crippen LogP contribution < -0.4 is 25.6 Å². The molecule has 6 heteroatoms. The van der Waals surface area contributed by atoms with Crippen molar-refractivity contribution in [1.82, 2.24) is 15.2 Å². The molecule has 0 bridgehead atoms. The number of nitrogens with one attached hydrogen (secondary N) is 2. The molecule has 1 fully saturated rings. The van der Waals surface area contributed by atoms with E-state index < -0.39 is 5.41 Å². The van der Waals surface area contributed by atoms with E-state index in [-0.39, 0.29) is 18.6 Å². The molecule has 3 aliphatic heterocycles. The van der Waals surface area contributed by atoms with Crippen molar-refractivity contribution < 1.29 is 10.1 Å². The molecular formula is C52H40N5O+. The first-order valence-corrected chi connectivity index (χ1v) is 20.1. The third-order valence-corrected chi connectivity index (χ3v) is 12.5. The molecule has 1 aromatic heterocycles. The zero-order valence-corrected chi connectivity index (χ0v) is 31.7. The van der Waals surface area contributed by atoms with Crippen LogP contribution in [0.2, 0.25) is 0 Å². The number of quaternary nitrogens is 1. The van der Waals surface area contributed by atoms with E-state index in [2.05, 4.69) is 226 Å². The monoisotopic (exact) mass is 750 g/mol. The van der Waals surface area contributed by atoms with Gasteiger partial charge >= 0.3 is 0 Å². The summed E-state index contributed by atoms with van der Waals surface area (Å²) in [7, 11) is 0. The summed E-state index contributed by atoms with van der Waals surface area (Å²) in [5.74, 6) is 1.73. The molecule has 1 spiro atoms. The molecule has 0 radical (unpaired) electrons. The number of aromatic nitrogens is 1. The first kappa shape index (κ1) is 33.2. The van der Waals surface area contributed by atoms with Crippen molar-refractivity contribution in [2.45, 2.75) is 24.0 Å². The van der Waals surface area contributed by atoms with Crippen LogP contribution in [0.4, 0.5) is 17.1 Å². The summed E-state index contributed by atoms with van der Waals surface area (Å²) >= 11 is 0. The van der Waals surface area contributed by atoms with Crippen LogP contribution in [0, 0.1) is 0 Å². The predicted molar refractivity (Wildman–Crippen MR) is 232 cm³/mol. The zero-order valence-electron chi connectivity index (χ0n) is 31.7. The van der Waals surface area contributed by atoms with E-state index in [9.17, 15) is 0 Å². The Kier molecular flexibility index (Phi) is 7.47. The number of benzene rings is 8. The number of rotatable bonds is 4. The van der Waals surface area contributed by atoms with Crippen molar-refractivity contribution in [3.8, 4) is 11.5 Å². The zero-order chi connectivity index (χ0) is 38.2. The minimum Gasteiger partial charge on any atom is -0.457 e. The van der Waals surface area contributed by atoms with E-state index >= 15 is 0 Å². The molecule has 278 valence electrons. The first-order chi connectivity index (χ1) is 28.8.